The fraction of sp³-hybridized carbons (Fsp3) is 0.0526. The topological polar surface area (TPSA) is 34.9 Å². The van der Waals surface area contributed by atoms with Gasteiger partial charge in [-0.15, -0.1) is 0 Å². The van der Waals surface area contributed by atoms with Crippen molar-refractivity contribution >= 4 is 11.9 Å². The first kappa shape index (κ1) is 14.0. The van der Waals surface area contributed by atoms with Crippen molar-refractivity contribution in [2.24, 2.45) is 0 Å². The predicted molar refractivity (Wildman–Crippen MR) is 88.1 cm³/mol. The number of ketones is 1. The van der Waals surface area contributed by atoms with Gasteiger partial charge in [-0.2, -0.15) is 5.10 Å². The number of carbonyl (C=O) groups excluding carboxylic acids is 1. The summed E-state index contributed by atoms with van der Waals surface area (Å²) in [6.07, 6.45) is 7.01. The monoisotopic (exact) mass is 288 g/mol. The van der Waals surface area contributed by atoms with E-state index >= 15 is 0 Å². The van der Waals surface area contributed by atoms with Crippen LogP contribution in [0, 0.1) is 6.92 Å². The fourth-order valence-electron chi connectivity index (χ4n) is 2.21. The molecule has 0 spiro atoms. The molecule has 3 heteroatoms. The molecule has 108 valence electrons. The highest BCUT2D eigenvalue weighted by Crippen LogP contribution is 2.10. The lowest BCUT2D eigenvalue weighted by molar-refractivity contribution is 0.104. The van der Waals surface area contributed by atoms with Crippen molar-refractivity contribution in [3.8, 4) is 5.69 Å². The van der Waals surface area contributed by atoms with Gasteiger partial charge in [0.05, 0.1) is 11.9 Å². The molecule has 1 heterocycles. The third-order valence-electron chi connectivity index (χ3n) is 3.35. The molecule has 0 amide bonds. The molecule has 3 rings (SSSR count). The zero-order valence-electron chi connectivity index (χ0n) is 12.3. The Morgan fingerprint density at radius 1 is 1.09 bits per heavy atom. The van der Waals surface area contributed by atoms with Crippen LogP contribution in [0.5, 0.6) is 0 Å². The first-order valence-corrected chi connectivity index (χ1v) is 7.11. The molecule has 0 fully saturated rings. The molecule has 22 heavy (non-hydrogen) atoms. The van der Waals surface area contributed by atoms with Crippen molar-refractivity contribution in [2.75, 3.05) is 0 Å². The lowest BCUT2D eigenvalue weighted by Crippen LogP contribution is -1.94. The molecule has 0 radical (unpaired) electrons. The molecule has 0 aliphatic carbocycles. The zero-order chi connectivity index (χ0) is 15.4. The van der Waals surface area contributed by atoms with Gasteiger partial charge in [-0.05, 0) is 37.3 Å². The van der Waals surface area contributed by atoms with Crippen LogP contribution in [-0.2, 0) is 0 Å². The van der Waals surface area contributed by atoms with Gasteiger partial charge in [0.1, 0.15) is 0 Å². The summed E-state index contributed by atoms with van der Waals surface area (Å²) in [7, 11) is 0. The van der Waals surface area contributed by atoms with E-state index in [0.717, 1.165) is 16.8 Å². The van der Waals surface area contributed by atoms with E-state index in [-0.39, 0.29) is 5.78 Å². The Balaban J connectivity index is 1.76. The molecule has 1 aromatic heterocycles. The number of hydrogen-bond donors (Lipinski definition) is 0. The van der Waals surface area contributed by atoms with Crippen LogP contribution in [0.1, 0.15) is 21.5 Å². The SMILES string of the molecule is Cc1cccc(C(=O)/C=C/c2cnn(-c3ccccc3)c2)c1. The first-order chi connectivity index (χ1) is 10.7. The van der Waals surface area contributed by atoms with Crippen molar-refractivity contribution in [1.82, 2.24) is 9.78 Å². The smallest absolute Gasteiger partial charge is 0.185 e. The van der Waals surface area contributed by atoms with Gasteiger partial charge in [0.25, 0.3) is 0 Å². The minimum absolute atomic E-state index is 0.00355. The minimum Gasteiger partial charge on any atom is -0.289 e. The molecule has 3 aromatic rings. The van der Waals surface area contributed by atoms with Crippen LogP contribution in [0.15, 0.2) is 73.1 Å². The second-order valence-electron chi connectivity index (χ2n) is 5.12. The van der Waals surface area contributed by atoms with Gasteiger partial charge in [-0.3, -0.25) is 4.79 Å². The highest BCUT2D eigenvalue weighted by molar-refractivity contribution is 6.06. The van der Waals surface area contributed by atoms with Gasteiger partial charge in [-0.1, -0.05) is 42.0 Å². The summed E-state index contributed by atoms with van der Waals surface area (Å²) in [6, 6.07) is 17.5. The number of carbonyl (C=O) groups is 1. The maximum atomic E-state index is 12.1. The molecule has 0 saturated heterocycles. The Hall–Kier alpha value is -2.94. The fourth-order valence-corrected chi connectivity index (χ4v) is 2.21. The van der Waals surface area contributed by atoms with E-state index in [1.807, 2.05) is 67.7 Å². The van der Waals surface area contributed by atoms with Crippen molar-refractivity contribution in [2.45, 2.75) is 6.92 Å². The number of aromatic nitrogens is 2. The Morgan fingerprint density at radius 2 is 1.91 bits per heavy atom. The molecular formula is C19H16N2O. The number of benzene rings is 2. The normalized spacial score (nSPS) is 11.0. The van der Waals surface area contributed by atoms with Gasteiger partial charge in [-0.25, -0.2) is 4.68 Å². The molecule has 0 aliphatic heterocycles. The van der Waals surface area contributed by atoms with E-state index < -0.39 is 0 Å². The predicted octanol–water partition coefficient (Wildman–Crippen LogP) is 4.08. The third kappa shape index (κ3) is 3.20. The summed E-state index contributed by atoms with van der Waals surface area (Å²) in [5.41, 5.74) is 3.67. The lowest BCUT2D eigenvalue weighted by Gasteiger charge is -1.98. The zero-order valence-corrected chi connectivity index (χ0v) is 12.3. The maximum absolute atomic E-state index is 12.1. The number of rotatable bonds is 4. The average molecular weight is 288 g/mol. The molecule has 0 N–H and O–H groups in total. The molecule has 0 atom stereocenters. The summed E-state index contributed by atoms with van der Waals surface area (Å²) >= 11 is 0. The van der Waals surface area contributed by atoms with Crippen LogP contribution in [0.3, 0.4) is 0 Å². The van der Waals surface area contributed by atoms with E-state index in [9.17, 15) is 4.79 Å². The van der Waals surface area contributed by atoms with Crippen LogP contribution in [-0.4, -0.2) is 15.6 Å². The summed E-state index contributed by atoms with van der Waals surface area (Å²) in [4.78, 5) is 12.1. The molecule has 0 aliphatic rings. The summed E-state index contributed by atoms with van der Waals surface area (Å²) in [5, 5.41) is 4.31. The Kier molecular flexibility index (Phi) is 3.97. The van der Waals surface area contributed by atoms with Crippen LogP contribution in [0.2, 0.25) is 0 Å². The maximum Gasteiger partial charge on any atom is 0.185 e. The van der Waals surface area contributed by atoms with E-state index in [2.05, 4.69) is 5.10 Å². The van der Waals surface area contributed by atoms with E-state index in [1.165, 1.54) is 0 Å². The number of nitrogens with zero attached hydrogens (tertiary/aromatic N) is 2. The summed E-state index contributed by atoms with van der Waals surface area (Å²) in [5.74, 6) is -0.00355. The molecule has 3 nitrogen and oxygen atoms in total. The molecule has 0 bridgehead atoms. The highest BCUT2D eigenvalue weighted by Gasteiger charge is 2.02. The average Bonchev–Trinajstić information content (AvgIpc) is 3.02. The van der Waals surface area contributed by atoms with E-state index in [0.29, 0.717) is 5.56 Å². The van der Waals surface area contributed by atoms with E-state index in [4.69, 9.17) is 0 Å². The van der Waals surface area contributed by atoms with Gasteiger partial charge in [0.15, 0.2) is 5.78 Å². The quantitative estimate of drug-likeness (QED) is 0.535. The van der Waals surface area contributed by atoms with Crippen LogP contribution >= 0.6 is 0 Å². The van der Waals surface area contributed by atoms with Crippen molar-refractivity contribution in [3.05, 3.63) is 89.8 Å². The second-order valence-corrected chi connectivity index (χ2v) is 5.12. The molecular weight excluding hydrogens is 272 g/mol. The van der Waals surface area contributed by atoms with Gasteiger partial charge < -0.3 is 0 Å². The van der Waals surface area contributed by atoms with Crippen molar-refractivity contribution in [1.29, 1.82) is 0 Å². The minimum atomic E-state index is -0.00355. The molecule has 0 saturated carbocycles. The van der Waals surface area contributed by atoms with Crippen LogP contribution < -0.4 is 0 Å². The van der Waals surface area contributed by atoms with Crippen LogP contribution in [0.25, 0.3) is 11.8 Å². The first-order valence-electron chi connectivity index (χ1n) is 7.11. The van der Waals surface area contributed by atoms with Gasteiger partial charge in [0.2, 0.25) is 0 Å². The Bertz CT molecular complexity index is 816. The number of para-hydroxylation sites is 1. The summed E-state index contributed by atoms with van der Waals surface area (Å²) < 4.78 is 1.79. The third-order valence-corrected chi connectivity index (χ3v) is 3.35. The standard InChI is InChI=1S/C19H16N2O/c1-15-6-5-7-17(12-15)19(22)11-10-16-13-20-21(14-16)18-8-3-2-4-9-18/h2-14H,1H3/b11-10+. The molecule has 2 aromatic carbocycles. The number of allylic oxidation sites excluding steroid dienone is 1. The van der Waals surface area contributed by atoms with Crippen molar-refractivity contribution in [3.63, 3.8) is 0 Å². The van der Waals surface area contributed by atoms with Gasteiger partial charge in [0, 0.05) is 17.3 Å². The van der Waals surface area contributed by atoms with E-state index in [1.54, 1.807) is 23.0 Å². The molecule has 0 unspecified atom stereocenters. The second kappa shape index (κ2) is 6.22. The summed E-state index contributed by atoms with van der Waals surface area (Å²) in [6.45, 7) is 1.98. The highest BCUT2D eigenvalue weighted by atomic mass is 16.1. The number of aryl methyl sites for hydroxylation is 1. The number of hydrogen-bond acceptors (Lipinski definition) is 2. The van der Waals surface area contributed by atoms with Crippen molar-refractivity contribution < 1.29 is 4.79 Å². The Labute approximate surface area is 129 Å². The Morgan fingerprint density at radius 3 is 2.68 bits per heavy atom. The van der Waals surface area contributed by atoms with Crippen LogP contribution in [0.4, 0.5) is 0 Å². The largest absolute Gasteiger partial charge is 0.289 e. The van der Waals surface area contributed by atoms with Gasteiger partial charge >= 0.3 is 0 Å². The lowest BCUT2D eigenvalue weighted by atomic mass is 10.1.